The first-order valence-corrected chi connectivity index (χ1v) is 17.7. The molecule has 10 atom stereocenters. The quantitative estimate of drug-likeness (QED) is 0.134. The fraction of sp³-hybridized carbons (Fsp3) is 0.842. The van der Waals surface area contributed by atoms with E-state index >= 15 is 0 Å². The number of allylic oxidation sites excluding steroid dienone is 2. The van der Waals surface area contributed by atoms with E-state index in [1.165, 1.54) is 30.9 Å². The summed E-state index contributed by atoms with van der Waals surface area (Å²) in [5.74, 6) is 0.303. The van der Waals surface area contributed by atoms with Gasteiger partial charge < -0.3 is 14.2 Å². The summed E-state index contributed by atoms with van der Waals surface area (Å²) in [5.41, 5.74) is 3.03. The first-order valence-electron chi connectivity index (χ1n) is 17.7. The van der Waals surface area contributed by atoms with Crippen molar-refractivity contribution in [2.24, 2.45) is 56.7 Å². The van der Waals surface area contributed by atoms with E-state index in [0.29, 0.717) is 36.7 Å². The van der Waals surface area contributed by atoms with Gasteiger partial charge in [0.05, 0.1) is 18.9 Å². The van der Waals surface area contributed by atoms with Crippen molar-refractivity contribution < 1.29 is 33.4 Å². The van der Waals surface area contributed by atoms with Gasteiger partial charge in [0.25, 0.3) is 0 Å². The number of rotatable bonds is 5. The lowest BCUT2D eigenvalue weighted by Gasteiger charge is -2.72. The van der Waals surface area contributed by atoms with Crippen molar-refractivity contribution in [3.8, 4) is 0 Å². The van der Waals surface area contributed by atoms with E-state index in [9.17, 15) is 19.2 Å². The molecule has 7 heteroatoms. The summed E-state index contributed by atoms with van der Waals surface area (Å²) in [6.07, 6.45) is 11.6. The molecule has 1 heterocycles. The van der Waals surface area contributed by atoms with Gasteiger partial charge in [-0.2, -0.15) is 0 Å². The lowest BCUT2D eigenvalue weighted by molar-refractivity contribution is -0.247. The molecule has 250 valence electrons. The zero-order valence-corrected chi connectivity index (χ0v) is 29.0. The van der Waals surface area contributed by atoms with Crippen molar-refractivity contribution in [2.75, 3.05) is 6.61 Å². The van der Waals surface area contributed by atoms with Gasteiger partial charge in [-0.25, -0.2) is 0 Å². The maximum Gasteiger partial charge on any atom is 0.317 e. The van der Waals surface area contributed by atoms with Gasteiger partial charge in [0.2, 0.25) is 0 Å². The Hall–Kier alpha value is -2.18. The summed E-state index contributed by atoms with van der Waals surface area (Å²) in [4.78, 5) is 48.5. The number of carbonyl (C=O) groups excluding carboxylic acids is 4. The molecule has 0 bridgehead atoms. The average Bonchev–Trinajstić information content (AvgIpc) is 3.48. The zero-order valence-electron chi connectivity index (χ0n) is 29.0. The minimum absolute atomic E-state index is 0.0254. The number of hydrogen-bond donors (Lipinski definition) is 0. The van der Waals surface area contributed by atoms with E-state index in [1.54, 1.807) is 6.92 Å². The van der Waals surface area contributed by atoms with Crippen LogP contribution < -0.4 is 0 Å². The highest BCUT2D eigenvalue weighted by atomic mass is 16.6. The molecule has 5 unspecified atom stereocenters. The van der Waals surface area contributed by atoms with Crippen LogP contribution in [0.15, 0.2) is 11.1 Å². The molecule has 7 nitrogen and oxygen atoms in total. The van der Waals surface area contributed by atoms with E-state index in [4.69, 9.17) is 14.2 Å². The Labute approximate surface area is 270 Å². The number of cyclic esters (lactones) is 2. The minimum atomic E-state index is -0.413. The number of hydrogen-bond acceptors (Lipinski definition) is 7. The molecule has 6 fully saturated rings. The second-order valence-electron chi connectivity index (χ2n) is 17.5. The molecule has 6 aliphatic rings. The lowest BCUT2D eigenvalue weighted by Crippen LogP contribution is -2.66. The molecule has 0 aromatic rings. The van der Waals surface area contributed by atoms with Gasteiger partial charge in [-0.05, 0) is 117 Å². The smallest absolute Gasteiger partial charge is 0.317 e. The predicted octanol–water partition coefficient (Wildman–Crippen LogP) is 7.74. The van der Waals surface area contributed by atoms with E-state index in [1.807, 2.05) is 0 Å². The van der Waals surface area contributed by atoms with Gasteiger partial charge >= 0.3 is 23.9 Å². The van der Waals surface area contributed by atoms with E-state index in [2.05, 4.69) is 41.5 Å². The van der Waals surface area contributed by atoms with Crippen molar-refractivity contribution in [1.82, 2.24) is 0 Å². The molecule has 5 aliphatic carbocycles. The molecule has 0 spiro atoms. The zero-order chi connectivity index (χ0) is 32.7. The Balaban J connectivity index is 1.35. The maximum absolute atomic E-state index is 12.5. The lowest BCUT2D eigenvalue weighted by atomic mass is 9.32. The number of carbonyl (C=O) groups is 4. The summed E-state index contributed by atoms with van der Waals surface area (Å²) in [6, 6.07) is 0. The topological polar surface area (TPSA) is 96.0 Å². The number of esters is 4. The molecular formula is C38H56O7. The highest BCUT2D eigenvalue weighted by Crippen LogP contribution is 2.77. The highest BCUT2D eigenvalue weighted by Gasteiger charge is 2.70. The van der Waals surface area contributed by atoms with Crippen LogP contribution in [-0.2, 0) is 33.4 Å². The largest absolute Gasteiger partial charge is 0.465 e. The molecule has 0 aromatic carbocycles. The maximum atomic E-state index is 12.5. The molecule has 0 amide bonds. The summed E-state index contributed by atoms with van der Waals surface area (Å²) < 4.78 is 16.7. The summed E-state index contributed by atoms with van der Waals surface area (Å²) >= 11 is 0. The standard InChI is InChI=1S/C38H56O7/c1-22(19-25-20-31(41)45-33(25)42)26-11-16-38(21-43-23(2)39)18-17-36(7)27(32(26)38)9-10-29-35(6)14-13-30(44-24(3)40)34(4,5)28(35)12-15-37(29,36)8/h25,27-30,32H,9-21H2,1-8H3/t25?,27?,28?,29?,30-,32?,35-,36+,37+,38+/m0/s1. The molecular weight excluding hydrogens is 568 g/mol. The third-order valence-corrected chi connectivity index (χ3v) is 15.3. The van der Waals surface area contributed by atoms with Crippen molar-refractivity contribution in [1.29, 1.82) is 0 Å². The van der Waals surface area contributed by atoms with Crippen molar-refractivity contribution >= 4 is 23.9 Å². The van der Waals surface area contributed by atoms with Crippen LogP contribution in [0.3, 0.4) is 0 Å². The average molecular weight is 625 g/mol. The van der Waals surface area contributed by atoms with Crippen LogP contribution in [0.2, 0.25) is 0 Å². The third kappa shape index (κ3) is 4.86. The number of fused-ring (bicyclic) bond motifs is 7. The second kappa shape index (κ2) is 10.9. The Bertz CT molecular complexity index is 1310. The SMILES string of the molecule is CC(=O)OC[C@]12CCC(=C(C)CC3CC(=O)OC3=O)C1C1CCC3[C@@]4(C)CC[C@H](OC(C)=O)C(C)(C)C4CC[C@@]3(C)[C@]1(C)CC2. The van der Waals surface area contributed by atoms with Gasteiger partial charge in [-0.15, -0.1) is 0 Å². The molecule has 6 rings (SSSR count). The fourth-order valence-electron chi connectivity index (χ4n) is 13.0. The summed E-state index contributed by atoms with van der Waals surface area (Å²) in [7, 11) is 0. The minimum Gasteiger partial charge on any atom is -0.465 e. The van der Waals surface area contributed by atoms with Gasteiger partial charge in [0.15, 0.2) is 0 Å². The second-order valence-corrected chi connectivity index (χ2v) is 17.5. The Morgan fingerprint density at radius 1 is 0.822 bits per heavy atom. The first-order chi connectivity index (χ1) is 21.0. The van der Waals surface area contributed by atoms with Gasteiger partial charge in [0, 0.05) is 24.7 Å². The van der Waals surface area contributed by atoms with Gasteiger partial charge in [0.1, 0.15) is 6.10 Å². The molecule has 1 aliphatic heterocycles. The first kappa shape index (κ1) is 32.7. The van der Waals surface area contributed by atoms with Gasteiger partial charge in [-0.1, -0.05) is 45.8 Å². The van der Waals surface area contributed by atoms with Crippen molar-refractivity contribution in [3.63, 3.8) is 0 Å². The van der Waals surface area contributed by atoms with Crippen LogP contribution in [0.5, 0.6) is 0 Å². The molecule has 0 radical (unpaired) electrons. The third-order valence-electron chi connectivity index (χ3n) is 15.3. The van der Waals surface area contributed by atoms with E-state index < -0.39 is 11.9 Å². The van der Waals surface area contributed by atoms with Crippen LogP contribution in [0.25, 0.3) is 0 Å². The molecule has 0 aromatic heterocycles. The fourth-order valence-corrected chi connectivity index (χ4v) is 13.0. The van der Waals surface area contributed by atoms with E-state index in [-0.39, 0.29) is 57.5 Å². The monoisotopic (exact) mass is 624 g/mol. The Morgan fingerprint density at radius 3 is 2.20 bits per heavy atom. The molecule has 1 saturated heterocycles. The molecule has 5 saturated carbocycles. The van der Waals surface area contributed by atoms with Crippen LogP contribution in [0.4, 0.5) is 0 Å². The van der Waals surface area contributed by atoms with Crippen LogP contribution >= 0.6 is 0 Å². The normalized spacial score (nSPS) is 46.2. The number of ether oxygens (including phenoxy) is 3. The summed E-state index contributed by atoms with van der Waals surface area (Å²) in [6.45, 7) is 18.1. The van der Waals surface area contributed by atoms with Crippen LogP contribution in [-0.4, -0.2) is 36.6 Å². The van der Waals surface area contributed by atoms with E-state index in [0.717, 1.165) is 51.4 Å². The van der Waals surface area contributed by atoms with Crippen molar-refractivity contribution in [3.05, 3.63) is 11.1 Å². The Morgan fingerprint density at radius 2 is 1.56 bits per heavy atom. The molecule has 0 N–H and O–H groups in total. The van der Waals surface area contributed by atoms with Crippen LogP contribution in [0.1, 0.15) is 132 Å². The Kier molecular flexibility index (Phi) is 7.96. The van der Waals surface area contributed by atoms with Gasteiger partial charge in [-0.3, -0.25) is 19.2 Å². The molecule has 45 heavy (non-hydrogen) atoms. The highest BCUT2D eigenvalue weighted by molar-refractivity contribution is 5.94. The summed E-state index contributed by atoms with van der Waals surface area (Å²) in [5, 5.41) is 0. The van der Waals surface area contributed by atoms with Crippen LogP contribution in [0, 0.1) is 56.7 Å². The predicted molar refractivity (Wildman–Crippen MR) is 169 cm³/mol. The van der Waals surface area contributed by atoms with Crippen molar-refractivity contribution in [2.45, 2.75) is 139 Å².